The van der Waals surface area contributed by atoms with Crippen molar-refractivity contribution in [2.75, 3.05) is 19.7 Å². The summed E-state index contributed by atoms with van der Waals surface area (Å²) in [6, 6.07) is 7.49. The number of ether oxygens (including phenoxy) is 1. The SMILES string of the molecule is N#Cc1ccc(OCC2CCNC2)c(Br)c1. The molecule has 0 amide bonds. The van der Waals surface area contributed by atoms with Crippen molar-refractivity contribution in [3.05, 3.63) is 28.2 Å². The standard InChI is InChI=1S/C12H13BrN2O/c13-11-5-9(6-14)1-2-12(11)16-8-10-3-4-15-7-10/h1-2,5,10,15H,3-4,7-8H2. The second-order valence-electron chi connectivity index (χ2n) is 3.93. The van der Waals surface area contributed by atoms with Gasteiger partial charge in [0.2, 0.25) is 0 Å². The minimum absolute atomic E-state index is 0.600. The number of halogens is 1. The highest BCUT2D eigenvalue weighted by atomic mass is 79.9. The van der Waals surface area contributed by atoms with E-state index in [9.17, 15) is 0 Å². The molecule has 1 fully saturated rings. The molecule has 1 atom stereocenters. The van der Waals surface area contributed by atoms with Crippen LogP contribution in [0.3, 0.4) is 0 Å². The largest absolute Gasteiger partial charge is 0.492 e. The molecule has 1 N–H and O–H groups in total. The van der Waals surface area contributed by atoms with E-state index < -0.39 is 0 Å². The number of hydrogen-bond donors (Lipinski definition) is 1. The first kappa shape index (κ1) is 11.4. The summed E-state index contributed by atoms with van der Waals surface area (Å²) in [6.45, 7) is 2.86. The van der Waals surface area contributed by atoms with Crippen molar-refractivity contribution in [2.45, 2.75) is 6.42 Å². The molecule has 1 aliphatic rings. The number of nitriles is 1. The van der Waals surface area contributed by atoms with E-state index >= 15 is 0 Å². The van der Waals surface area contributed by atoms with Gasteiger partial charge < -0.3 is 10.1 Å². The van der Waals surface area contributed by atoms with Crippen molar-refractivity contribution in [1.29, 1.82) is 5.26 Å². The van der Waals surface area contributed by atoms with Gasteiger partial charge in [-0.1, -0.05) is 0 Å². The van der Waals surface area contributed by atoms with E-state index in [1.807, 2.05) is 6.07 Å². The van der Waals surface area contributed by atoms with Crippen LogP contribution in [0.5, 0.6) is 5.75 Å². The van der Waals surface area contributed by atoms with Crippen LogP contribution in [-0.2, 0) is 0 Å². The van der Waals surface area contributed by atoms with Crippen molar-refractivity contribution in [3.8, 4) is 11.8 Å². The number of rotatable bonds is 3. The summed E-state index contributed by atoms with van der Waals surface area (Å²) in [5, 5.41) is 12.0. The minimum Gasteiger partial charge on any atom is -0.492 e. The third-order valence-electron chi connectivity index (χ3n) is 2.70. The van der Waals surface area contributed by atoms with E-state index in [2.05, 4.69) is 27.3 Å². The van der Waals surface area contributed by atoms with Gasteiger partial charge in [0.25, 0.3) is 0 Å². The Morgan fingerprint density at radius 3 is 3.06 bits per heavy atom. The highest BCUT2D eigenvalue weighted by Gasteiger charge is 2.15. The molecule has 1 heterocycles. The van der Waals surface area contributed by atoms with Crippen LogP contribution in [0.1, 0.15) is 12.0 Å². The first-order valence-electron chi connectivity index (χ1n) is 5.33. The first-order chi connectivity index (χ1) is 7.79. The molecule has 3 nitrogen and oxygen atoms in total. The van der Waals surface area contributed by atoms with Crippen molar-refractivity contribution in [2.24, 2.45) is 5.92 Å². The highest BCUT2D eigenvalue weighted by Crippen LogP contribution is 2.26. The predicted octanol–water partition coefficient (Wildman–Crippen LogP) is 2.31. The van der Waals surface area contributed by atoms with Gasteiger partial charge in [-0.3, -0.25) is 0 Å². The average Bonchev–Trinajstić information content (AvgIpc) is 2.80. The zero-order valence-electron chi connectivity index (χ0n) is 8.87. The van der Waals surface area contributed by atoms with E-state index in [0.29, 0.717) is 11.5 Å². The Balaban J connectivity index is 1.96. The zero-order chi connectivity index (χ0) is 11.4. The van der Waals surface area contributed by atoms with Gasteiger partial charge in [0.05, 0.1) is 22.7 Å². The maximum Gasteiger partial charge on any atom is 0.133 e. The zero-order valence-corrected chi connectivity index (χ0v) is 10.5. The predicted molar refractivity (Wildman–Crippen MR) is 65.3 cm³/mol. The van der Waals surface area contributed by atoms with Gasteiger partial charge >= 0.3 is 0 Å². The molecule has 16 heavy (non-hydrogen) atoms. The summed E-state index contributed by atoms with van der Waals surface area (Å²) in [4.78, 5) is 0. The van der Waals surface area contributed by atoms with Crippen LogP contribution in [0, 0.1) is 17.2 Å². The van der Waals surface area contributed by atoms with Crippen LogP contribution >= 0.6 is 15.9 Å². The molecule has 0 radical (unpaired) electrons. The molecule has 0 spiro atoms. The second-order valence-corrected chi connectivity index (χ2v) is 4.78. The lowest BCUT2D eigenvalue weighted by molar-refractivity contribution is 0.258. The lowest BCUT2D eigenvalue weighted by atomic mass is 10.1. The highest BCUT2D eigenvalue weighted by molar-refractivity contribution is 9.10. The Bertz CT molecular complexity index is 408. The van der Waals surface area contributed by atoms with E-state index in [1.165, 1.54) is 6.42 Å². The monoisotopic (exact) mass is 280 g/mol. The van der Waals surface area contributed by atoms with Gasteiger partial charge in [0.1, 0.15) is 5.75 Å². The van der Waals surface area contributed by atoms with Crippen LogP contribution in [0.2, 0.25) is 0 Å². The first-order valence-corrected chi connectivity index (χ1v) is 6.12. The average molecular weight is 281 g/mol. The van der Waals surface area contributed by atoms with Gasteiger partial charge in [-0.05, 0) is 47.1 Å². The Hall–Kier alpha value is -1.05. The molecule has 1 aromatic carbocycles. The molecule has 0 aromatic heterocycles. The van der Waals surface area contributed by atoms with E-state index in [0.717, 1.165) is 29.9 Å². The summed E-state index contributed by atoms with van der Waals surface area (Å²) in [7, 11) is 0. The molecule has 84 valence electrons. The minimum atomic E-state index is 0.600. The molecule has 1 aliphatic heterocycles. The number of nitrogens with zero attached hydrogens (tertiary/aromatic N) is 1. The fourth-order valence-electron chi connectivity index (χ4n) is 1.75. The molecule has 0 aliphatic carbocycles. The van der Waals surface area contributed by atoms with Crippen molar-refractivity contribution >= 4 is 15.9 Å². The number of nitrogens with one attached hydrogen (secondary N) is 1. The fourth-order valence-corrected chi connectivity index (χ4v) is 2.25. The summed E-state index contributed by atoms with van der Waals surface area (Å²) >= 11 is 3.41. The summed E-state index contributed by atoms with van der Waals surface area (Å²) < 4.78 is 6.57. The molecule has 0 bridgehead atoms. The van der Waals surface area contributed by atoms with Crippen LogP contribution < -0.4 is 10.1 Å². The maximum atomic E-state index is 8.74. The topological polar surface area (TPSA) is 45.0 Å². The van der Waals surface area contributed by atoms with E-state index in [1.54, 1.807) is 12.1 Å². The van der Waals surface area contributed by atoms with Crippen molar-refractivity contribution < 1.29 is 4.74 Å². The molecular formula is C12H13BrN2O. The van der Waals surface area contributed by atoms with Crippen LogP contribution in [0.4, 0.5) is 0 Å². The third kappa shape index (κ3) is 2.75. The van der Waals surface area contributed by atoms with Crippen molar-refractivity contribution in [1.82, 2.24) is 5.32 Å². The Morgan fingerprint density at radius 2 is 2.44 bits per heavy atom. The Kier molecular flexibility index (Phi) is 3.81. The van der Waals surface area contributed by atoms with Gasteiger partial charge in [-0.2, -0.15) is 5.26 Å². The second kappa shape index (κ2) is 5.33. The molecular weight excluding hydrogens is 268 g/mol. The molecule has 2 rings (SSSR count). The fraction of sp³-hybridized carbons (Fsp3) is 0.417. The van der Waals surface area contributed by atoms with Gasteiger partial charge in [-0.25, -0.2) is 0 Å². The third-order valence-corrected chi connectivity index (χ3v) is 3.32. The van der Waals surface area contributed by atoms with E-state index in [4.69, 9.17) is 10.00 Å². The van der Waals surface area contributed by atoms with Crippen LogP contribution in [-0.4, -0.2) is 19.7 Å². The van der Waals surface area contributed by atoms with Crippen LogP contribution in [0.15, 0.2) is 22.7 Å². The van der Waals surface area contributed by atoms with E-state index in [-0.39, 0.29) is 0 Å². The summed E-state index contributed by atoms with van der Waals surface area (Å²) in [5.41, 5.74) is 0.641. The molecule has 1 unspecified atom stereocenters. The molecule has 1 saturated heterocycles. The van der Waals surface area contributed by atoms with Gasteiger partial charge in [-0.15, -0.1) is 0 Å². The molecule has 4 heteroatoms. The summed E-state index contributed by atoms with van der Waals surface area (Å²) in [6.07, 6.45) is 1.17. The molecule has 0 saturated carbocycles. The lowest BCUT2D eigenvalue weighted by Gasteiger charge is -2.12. The van der Waals surface area contributed by atoms with Crippen LogP contribution in [0.25, 0.3) is 0 Å². The molecule has 1 aromatic rings. The lowest BCUT2D eigenvalue weighted by Crippen LogP contribution is -2.15. The summed E-state index contributed by atoms with van der Waals surface area (Å²) in [5.74, 6) is 1.41. The van der Waals surface area contributed by atoms with Gasteiger partial charge in [0.15, 0.2) is 0 Å². The number of benzene rings is 1. The normalized spacial score (nSPS) is 19.4. The Morgan fingerprint density at radius 1 is 1.56 bits per heavy atom. The quantitative estimate of drug-likeness (QED) is 0.924. The smallest absolute Gasteiger partial charge is 0.133 e. The van der Waals surface area contributed by atoms with Crippen molar-refractivity contribution in [3.63, 3.8) is 0 Å². The maximum absolute atomic E-state index is 8.74. The van der Waals surface area contributed by atoms with Gasteiger partial charge in [0, 0.05) is 12.5 Å². The Labute approximate surface area is 104 Å². The number of hydrogen-bond acceptors (Lipinski definition) is 3.